The van der Waals surface area contributed by atoms with Crippen LogP contribution in [0.5, 0.6) is 23.0 Å². The number of benzene rings is 4. The van der Waals surface area contributed by atoms with Gasteiger partial charge in [0.05, 0.1) is 25.0 Å². The van der Waals surface area contributed by atoms with Crippen molar-refractivity contribution in [3.63, 3.8) is 0 Å². The van der Waals surface area contributed by atoms with Crippen LogP contribution < -0.4 is 24.4 Å². The minimum absolute atomic E-state index is 0.277. The number of hydrazone groups is 1. The summed E-state index contributed by atoms with van der Waals surface area (Å²) in [4.78, 5) is 25.3. The Balaban J connectivity index is 1.32. The van der Waals surface area contributed by atoms with Crippen molar-refractivity contribution in [1.29, 1.82) is 0 Å². The highest BCUT2D eigenvalue weighted by atomic mass is 16.6. The number of carbonyl (C=O) groups is 2. The van der Waals surface area contributed by atoms with Crippen LogP contribution in [0.2, 0.25) is 0 Å². The highest BCUT2D eigenvalue weighted by Gasteiger charge is 2.14. The van der Waals surface area contributed by atoms with Crippen molar-refractivity contribution in [3.8, 4) is 23.0 Å². The summed E-state index contributed by atoms with van der Waals surface area (Å²) in [5.41, 5.74) is 6.26. The highest BCUT2D eigenvalue weighted by molar-refractivity contribution is 5.95. The number of carbonyl (C=O) groups excluding carboxylic acids is 2. The summed E-state index contributed by atoms with van der Waals surface area (Å²) in [5, 5.41) is 4.06. The molecule has 0 aliphatic rings. The van der Waals surface area contributed by atoms with Gasteiger partial charge in [-0.2, -0.15) is 5.10 Å². The molecule has 0 saturated carbocycles. The number of nitrogens with one attached hydrogen (secondary N) is 1. The van der Waals surface area contributed by atoms with Crippen LogP contribution >= 0.6 is 0 Å². The van der Waals surface area contributed by atoms with Crippen LogP contribution in [-0.2, 0) is 6.61 Å². The van der Waals surface area contributed by atoms with Gasteiger partial charge in [0.15, 0.2) is 11.5 Å². The molecule has 0 aliphatic heterocycles. The molecule has 1 N–H and O–H groups in total. The smallest absolute Gasteiger partial charge is 0.343 e. The van der Waals surface area contributed by atoms with Crippen molar-refractivity contribution in [3.05, 3.63) is 119 Å². The van der Waals surface area contributed by atoms with Gasteiger partial charge in [0.2, 0.25) is 0 Å². The summed E-state index contributed by atoms with van der Waals surface area (Å²) < 4.78 is 22.6. The lowest BCUT2D eigenvalue weighted by molar-refractivity contribution is 0.0728. The Morgan fingerprint density at radius 2 is 1.43 bits per heavy atom. The molecule has 0 radical (unpaired) electrons. The maximum absolute atomic E-state index is 12.7. The van der Waals surface area contributed by atoms with Gasteiger partial charge in [0.1, 0.15) is 18.1 Å². The fraction of sp³-hybridized carbons (Fsp3) is 0.206. The number of hydrogen-bond donors (Lipinski definition) is 1. The van der Waals surface area contributed by atoms with Gasteiger partial charge in [0.25, 0.3) is 5.91 Å². The monoisotopic (exact) mass is 566 g/mol. The molecule has 0 fully saturated rings. The number of rotatable bonds is 13. The fourth-order valence-electron chi connectivity index (χ4n) is 3.81. The summed E-state index contributed by atoms with van der Waals surface area (Å²) in [6.07, 6.45) is 2.39. The summed E-state index contributed by atoms with van der Waals surface area (Å²) in [5.74, 6) is 1.14. The molecule has 0 unspecified atom stereocenters. The Hall–Kier alpha value is -5.11. The molecule has 0 spiro atoms. The van der Waals surface area contributed by atoms with Crippen molar-refractivity contribution >= 4 is 18.1 Å². The Morgan fingerprint density at radius 1 is 0.762 bits per heavy atom. The summed E-state index contributed by atoms with van der Waals surface area (Å²) >= 11 is 0. The summed E-state index contributed by atoms with van der Waals surface area (Å²) in [6.45, 7) is 7.33. The second-order valence-corrected chi connectivity index (χ2v) is 9.40. The molecule has 1 amide bonds. The van der Waals surface area contributed by atoms with Gasteiger partial charge in [-0.25, -0.2) is 10.2 Å². The third-order valence-electron chi connectivity index (χ3n) is 6.06. The van der Waals surface area contributed by atoms with E-state index in [1.54, 1.807) is 66.7 Å². The molecule has 216 valence electrons. The Labute approximate surface area is 245 Å². The predicted molar refractivity (Wildman–Crippen MR) is 162 cm³/mol. The Kier molecular flexibility index (Phi) is 10.7. The van der Waals surface area contributed by atoms with Gasteiger partial charge >= 0.3 is 5.97 Å². The normalized spacial score (nSPS) is 10.7. The molecular formula is C34H34N2O6. The van der Waals surface area contributed by atoms with Gasteiger partial charge in [0, 0.05) is 5.56 Å². The van der Waals surface area contributed by atoms with E-state index in [1.165, 1.54) is 11.8 Å². The Bertz CT molecular complexity index is 1500. The van der Waals surface area contributed by atoms with Crippen molar-refractivity contribution in [2.75, 3.05) is 13.2 Å². The van der Waals surface area contributed by atoms with E-state index >= 15 is 0 Å². The van der Waals surface area contributed by atoms with E-state index in [0.29, 0.717) is 53.8 Å². The van der Waals surface area contributed by atoms with Crippen molar-refractivity contribution < 1.29 is 28.5 Å². The maximum Gasteiger partial charge on any atom is 0.343 e. The summed E-state index contributed by atoms with van der Waals surface area (Å²) in [7, 11) is 0. The van der Waals surface area contributed by atoms with Gasteiger partial charge in [-0.05, 0) is 98.1 Å². The van der Waals surface area contributed by atoms with Crippen LogP contribution in [0.1, 0.15) is 57.7 Å². The van der Waals surface area contributed by atoms with Crippen LogP contribution in [0.4, 0.5) is 0 Å². The average Bonchev–Trinajstić information content (AvgIpc) is 3.01. The number of ether oxygens (including phenoxy) is 4. The molecule has 8 heteroatoms. The van der Waals surface area contributed by atoms with Crippen molar-refractivity contribution in [2.24, 2.45) is 5.10 Å². The number of aryl methyl sites for hydroxylation is 1. The van der Waals surface area contributed by atoms with E-state index in [4.69, 9.17) is 18.9 Å². The van der Waals surface area contributed by atoms with Gasteiger partial charge in [-0.3, -0.25) is 4.79 Å². The molecule has 0 aliphatic carbocycles. The van der Waals surface area contributed by atoms with Crippen LogP contribution in [0, 0.1) is 6.92 Å². The second kappa shape index (κ2) is 15.0. The zero-order valence-corrected chi connectivity index (χ0v) is 24.0. The SMILES string of the molecule is CCCOc1ccc(C(=O)Oc2ccc(/C=N/NC(=O)c3ccc(OCc4ccc(C)cc4)cc3)cc2OCC)cc1. The van der Waals surface area contributed by atoms with Crippen molar-refractivity contribution in [2.45, 2.75) is 33.8 Å². The van der Waals surface area contributed by atoms with Crippen LogP contribution in [0.3, 0.4) is 0 Å². The largest absolute Gasteiger partial charge is 0.494 e. The molecule has 4 rings (SSSR count). The molecular weight excluding hydrogens is 532 g/mol. The first kappa shape index (κ1) is 29.9. The lowest BCUT2D eigenvalue weighted by atomic mass is 10.2. The third-order valence-corrected chi connectivity index (χ3v) is 6.06. The first-order valence-electron chi connectivity index (χ1n) is 13.8. The van der Waals surface area contributed by atoms with Crippen LogP contribution in [0.15, 0.2) is 96.1 Å². The minimum Gasteiger partial charge on any atom is -0.494 e. The van der Waals surface area contributed by atoms with Gasteiger partial charge in [-0.1, -0.05) is 36.8 Å². The fourth-order valence-corrected chi connectivity index (χ4v) is 3.81. The molecule has 0 saturated heterocycles. The van der Waals surface area contributed by atoms with E-state index in [9.17, 15) is 9.59 Å². The molecule has 4 aromatic rings. The number of hydrogen-bond acceptors (Lipinski definition) is 7. The first-order chi connectivity index (χ1) is 20.4. The predicted octanol–water partition coefficient (Wildman–Crippen LogP) is 6.74. The standard InChI is InChI=1S/C34H34N2O6/c1-4-20-40-29-17-13-28(14-18-29)34(38)42-31-19-10-26(21-32(31)39-5-2)22-35-36-33(37)27-11-15-30(16-12-27)41-23-25-8-6-24(3)7-9-25/h6-19,21-22H,4-5,20,23H2,1-3H3,(H,36,37)/b35-22+. The van der Waals surface area contributed by atoms with E-state index in [1.807, 2.05) is 45.0 Å². The first-order valence-corrected chi connectivity index (χ1v) is 13.8. The quantitative estimate of drug-likeness (QED) is 0.0833. The van der Waals surface area contributed by atoms with Gasteiger partial charge < -0.3 is 18.9 Å². The Morgan fingerprint density at radius 3 is 2.10 bits per heavy atom. The summed E-state index contributed by atoms with van der Waals surface area (Å²) in [6, 6.07) is 26.8. The lowest BCUT2D eigenvalue weighted by Crippen LogP contribution is -2.17. The van der Waals surface area contributed by atoms with Gasteiger partial charge in [-0.15, -0.1) is 0 Å². The molecule has 0 bridgehead atoms. The zero-order chi connectivity index (χ0) is 29.7. The minimum atomic E-state index is -0.516. The third kappa shape index (κ3) is 8.69. The van der Waals surface area contributed by atoms with Crippen molar-refractivity contribution in [1.82, 2.24) is 5.43 Å². The molecule has 0 heterocycles. The second-order valence-electron chi connectivity index (χ2n) is 9.40. The lowest BCUT2D eigenvalue weighted by Gasteiger charge is -2.12. The number of esters is 1. The van der Waals surface area contributed by atoms with E-state index in [0.717, 1.165) is 12.0 Å². The van der Waals surface area contributed by atoms with Crippen LogP contribution in [0.25, 0.3) is 0 Å². The zero-order valence-electron chi connectivity index (χ0n) is 24.0. The average molecular weight is 567 g/mol. The van der Waals surface area contributed by atoms with Crippen LogP contribution in [-0.4, -0.2) is 31.3 Å². The van der Waals surface area contributed by atoms with E-state index < -0.39 is 5.97 Å². The molecule has 8 nitrogen and oxygen atoms in total. The molecule has 0 atom stereocenters. The highest BCUT2D eigenvalue weighted by Crippen LogP contribution is 2.29. The topological polar surface area (TPSA) is 95.5 Å². The van der Waals surface area contributed by atoms with E-state index in [2.05, 4.69) is 10.5 Å². The molecule has 42 heavy (non-hydrogen) atoms. The molecule has 4 aromatic carbocycles. The molecule has 0 aromatic heterocycles. The maximum atomic E-state index is 12.7. The van der Waals surface area contributed by atoms with E-state index in [-0.39, 0.29) is 11.7 Å². The number of nitrogens with zero attached hydrogens (tertiary/aromatic N) is 1. The number of amides is 1.